The van der Waals surface area contributed by atoms with E-state index in [9.17, 15) is 49.2 Å². The van der Waals surface area contributed by atoms with Crippen LogP contribution in [0.1, 0.15) is 88.8 Å². The number of hydrogen-bond acceptors (Lipinski definition) is 18. The fourth-order valence-corrected chi connectivity index (χ4v) is 7.16. The molecule has 0 heterocycles. The van der Waals surface area contributed by atoms with Crippen molar-refractivity contribution in [2.75, 3.05) is 53.9 Å². The maximum absolute atomic E-state index is 12.5. The Morgan fingerprint density at radius 1 is 0.368 bits per heavy atom. The van der Waals surface area contributed by atoms with E-state index in [0.29, 0.717) is 46.4 Å². The zero-order chi connectivity index (χ0) is 54.7. The van der Waals surface area contributed by atoms with Crippen molar-refractivity contribution < 1.29 is 87.1 Å². The molecule has 18 heteroatoms. The molecule has 0 aliphatic rings. The predicted molar refractivity (Wildman–Crippen MR) is 278 cm³/mol. The number of carbonyl (C=O) groups is 6. The summed E-state index contributed by atoms with van der Waals surface area (Å²) >= 11 is 0. The highest BCUT2D eigenvalue weighted by Gasteiger charge is 2.18. The van der Waals surface area contributed by atoms with Crippen molar-refractivity contribution in [1.29, 1.82) is 0 Å². The molecule has 7 aromatic carbocycles. The van der Waals surface area contributed by atoms with Gasteiger partial charge in [-0.3, -0.25) is 0 Å². The fraction of sp³-hybridized carbons (Fsp3) is 0.276. The molecule has 0 aliphatic carbocycles. The summed E-state index contributed by atoms with van der Waals surface area (Å²) in [6.45, 7) is 2.62. The molecule has 4 N–H and O–H groups in total. The Balaban J connectivity index is 0.000000247. The van der Waals surface area contributed by atoms with E-state index >= 15 is 0 Å². The number of rotatable bonds is 22. The first-order valence-electron chi connectivity index (χ1n) is 24.1. The molecule has 398 valence electrons. The standard InChI is InChI=1S/C30H30O8.C28H28O10/c1-3-24(31)16-36-26-11-12-27-21(15-26)5-4-6-28(27)37-17-25(32)18-38-30(34)23-10-8-19-13-22(29(33)35-2)9-7-20(19)14-23;1-3-23(29)14-36-26(32)17-4-6-18(7-5-17)27(33)37-15-24(30)16-38-28(34)22-11-9-19-12-21(25(31)35-2)10-8-20(19)13-22/h4-15,24-25,31-32H,3,16-18H2,1-2H3;4-13,23-24,29-30H,3,14-16H2,1-2H3. The molecule has 76 heavy (non-hydrogen) atoms. The molecule has 4 atom stereocenters. The third kappa shape index (κ3) is 16.0. The minimum atomic E-state index is -1.26. The van der Waals surface area contributed by atoms with Crippen LogP contribution in [-0.2, 0) is 28.4 Å². The normalized spacial score (nSPS) is 12.5. The summed E-state index contributed by atoms with van der Waals surface area (Å²) in [5.41, 5.74) is 1.73. The van der Waals surface area contributed by atoms with Crippen LogP contribution < -0.4 is 9.47 Å². The van der Waals surface area contributed by atoms with Crippen LogP contribution in [0.15, 0.2) is 133 Å². The van der Waals surface area contributed by atoms with E-state index in [0.717, 1.165) is 26.9 Å². The zero-order valence-corrected chi connectivity index (χ0v) is 42.2. The summed E-state index contributed by atoms with van der Waals surface area (Å²) < 4.78 is 41.3. The van der Waals surface area contributed by atoms with E-state index in [1.165, 1.54) is 44.6 Å². The Hall–Kier alpha value is -8.42. The molecule has 4 unspecified atom stereocenters. The second-order valence-corrected chi connectivity index (χ2v) is 17.2. The van der Waals surface area contributed by atoms with Crippen molar-refractivity contribution in [3.8, 4) is 11.5 Å². The number of benzene rings is 7. The van der Waals surface area contributed by atoms with Gasteiger partial charge in [-0.05, 0) is 137 Å². The highest BCUT2D eigenvalue weighted by Crippen LogP contribution is 2.29. The van der Waals surface area contributed by atoms with Gasteiger partial charge in [-0.2, -0.15) is 0 Å². The lowest BCUT2D eigenvalue weighted by atomic mass is 10.0. The molecule has 0 saturated heterocycles. The van der Waals surface area contributed by atoms with Gasteiger partial charge in [0, 0.05) is 5.39 Å². The smallest absolute Gasteiger partial charge is 0.338 e. The average molecular weight is 1040 g/mol. The van der Waals surface area contributed by atoms with Crippen molar-refractivity contribution in [2.45, 2.75) is 51.1 Å². The van der Waals surface area contributed by atoms with Gasteiger partial charge in [-0.1, -0.05) is 50.2 Å². The molecule has 0 saturated carbocycles. The topological polar surface area (TPSA) is 257 Å². The maximum Gasteiger partial charge on any atom is 0.338 e. The Morgan fingerprint density at radius 3 is 1.14 bits per heavy atom. The van der Waals surface area contributed by atoms with Crippen molar-refractivity contribution in [1.82, 2.24) is 0 Å². The van der Waals surface area contributed by atoms with Gasteiger partial charge >= 0.3 is 35.8 Å². The van der Waals surface area contributed by atoms with Gasteiger partial charge in [0.1, 0.15) is 63.3 Å². The number of esters is 6. The quantitative estimate of drug-likeness (QED) is 0.0379. The lowest BCUT2D eigenvalue weighted by molar-refractivity contribution is -0.00474. The van der Waals surface area contributed by atoms with Crippen LogP contribution in [0.3, 0.4) is 0 Å². The van der Waals surface area contributed by atoms with E-state index < -0.39 is 73.4 Å². The molecule has 0 spiro atoms. The molecule has 7 aromatic rings. The first kappa shape index (κ1) is 56.9. The van der Waals surface area contributed by atoms with Gasteiger partial charge in [-0.25, -0.2) is 28.8 Å². The van der Waals surface area contributed by atoms with Gasteiger partial charge < -0.3 is 58.3 Å². The third-order valence-corrected chi connectivity index (χ3v) is 11.6. The largest absolute Gasteiger partial charge is 0.491 e. The molecule has 18 nitrogen and oxygen atoms in total. The second-order valence-electron chi connectivity index (χ2n) is 17.2. The van der Waals surface area contributed by atoms with E-state index in [1.54, 1.807) is 85.8 Å². The van der Waals surface area contributed by atoms with Gasteiger partial charge in [0.25, 0.3) is 0 Å². The Bertz CT molecular complexity index is 3150. The molecule has 0 amide bonds. The predicted octanol–water partition coefficient (Wildman–Crippen LogP) is 7.45. The first-order valence-corrected chi connectivity index (χ1v) is 24.1. The monoisotopic (exact) mass is 1040 g/mol. The van der Waals surface area contributed by atoms with E-state index in [1.807, 2.05) is 31.2 Å². The summed E-state index contributed by atoms with van der Waals surface area (Å²) in [5, 5.41) is 44.3. The molecule has 0 aromatic heterocycles. The molecule has 0 aliphatic heterocycles. The van der Waals surface area contributed by atoms with E-state index in [2.05, 4.69) is 0 Å². The second kappa shape index (κ2) is 27.8. The number of carbonyl (C=O) groups excluding carboxylic acids is 6. The molecule has 0 fully saturated rings. The van der Waals surface area contributed by atoms with Gasteiger partial charge in [0.2, 0.25) is 0 Å². The summed E-state index contributed by atoms with van der Waals surface area (Å²) in [6, 6.07) is 36.3. The minimum Gasteiger partial charge on any atom is -0.491 e. The van der Waals surface area contributed by atoms with Crippen LogP contribution in [0.2, 0.25) is 0 Å². The number of methoxy groups -OCH3 is 2. The lowest BCUT2D eigenvalue weighted by Crippen LogP contribution is -2.25. The van der Waals surface area contributed by atoms with Crippen LogP contribution in [0, 0.1) is 0 Å². The molecule has 0 bridgehead atoms. The van der Waals surface area contributed by atoms with Gasteiger partial charge in [-0.15, -0.1) is 0 Å². The van der Waals surface area contributed by atoms with Crippen LogP contribution in [0.5, 0.6) is 11.5 Å². The summed E-state index contributed by atoms with van der Waals surface area (Å²) in [6.07, 6.45) is -2.48. The lowest BCUT2D eigenvalue weighted by Gasteiger charge is -2.15. The Kier molecular flexibility index (Phi) is 20.8. The van der Waals surface area contributed by atoms with Crippen LogP contribution in [0.4, 0.5) is 0 Å². The van der Waals surface area contributed by atoms with Crippen molar-refractivity contribution in [3.05, 3.63) is 167 Å². The van der Waals surface area contributed by atoms with Crippen LogP contribution in [-0.4, -0.2) is 135 Å². The first-order chi connectivity index (χ1) is 36.6. The van der Waals surface area contributed by atoms with Crippen molar-refractivity contribution in [2.24, 2.45) is 0 Å². The van der Waals surface area contributed by atoms with Crippen molar-refractivity contribution in [3.63, 3.8) is 0 Å². The van der Waals surface area contributed by atoms with Crippen LogP contribution in [0.25, 0.3) is 32.3 Å². The average Bonchev–Trinajstić information content (AvgIpc) is 3.46. The molecule has 7 rings (SSSR count). The SMILES string of the molecule is CCC(O)COC(=O)c1ccc(C(=O)OCC(O)COC(=O)c2ccc3cc(C(=O)OC)ccc3c2)cc1.CCC(O)COc1ccc2c(OCC(O)COC(=O)c3ccc4cc(C(=O)OC)ccc4c3)cccc2c1. The van der Waals surface area contributed by atoms with Gasteiger partial charge in [0.05, 0.1) is 59.8 Å². The summed E-state index contributed by atoms with van der Waals surface area (Å²) in [4.78, 5) is 72.5. The highest BCUT2D eigenvalue weighted by molar-refractivity contribution is 6.00. The minimum absolute atomic E-state index is 0.0681. The van der Waals surface area contributed by atoms with E-state index in [4.69, 9.17) is 37.9 Å². The summed E-state index contributed by atoms with van der Waals surface area (Å²) in [5.74, 6) is -2.30. The van der Waals surface area contributed by atoms with Crippen LogP contribution >= 0.6 is 0 Å². The fourth-order valence-electron chi connectivity index (χ4n) is 7.16. The third-order valence-electron chi connectivity index (χ3n) is 11.6. The molecule has 0 radical (unpaired) electrons. The number of hydrogen-bond donors (Lipinski definition) is 4. The number of fused-ring (bicyclic) bond motifs is 3. The maximum atomic E-state index is 12.5. The number of aliphatic hydroxyl groups is 4. The van der Waals surface area contributed by atoms with E-state index in [-0.39, 0.29) is 43.1 Å². The van der Waals surface area contributed by atoms with Crippen molar-refractivity contribution >= 4 is 68.1 Å². The Labute approximate surface area is 437 Å². The summed E-state index contributed by atoms with van der Waals surface area (Å²) in [7, 11) is 2.61. The zero-order valence-electron chi connectivity index (χ0n) is 42.2. The highest BCUT2D eigenvalue weighted by atomic mass is 16.6. The number of aliphatic hydroxyl groups excluding tert-OH is 4. The Morgan fingerprint density at radius 2 is 0.724 bits per heavy atom. The molecular formula is C58H58O18. The number of ether oxygens (including phenoxy) is 8. The van der Waals surface area contributed by atoms with Gasteiger partial charge in [0.15, 0.2) is 0 Å². The molecular weight excluding hydrogens is 985 g/mol.